The minimum absolute atomic E-state index is 0.0796. The summed E-state index contributed by atoms with van der Waals surface area (Å²) in [5, 5.41) is 9.06. The van der Waals surface area contributed by atoms with Crippen LogP contribution < -0.4 is 9.47 Å². The van der Waals surface area contributed by atoms with Crippen LogP contribution in [0.25, 0.3) is 0 Å². The Morgan fingerprint density at radius 1 is 1.27 bits per heavy atom. The third-order valence-electron chi connectivity index (χ3n) is 4.87. The van der Waals surface area contributed by atoms with Crippen molar-refractivity contribution in [3.05, 3.63) is 46.9 Å². The van der Waals surface area contributed by atoms with Crippen LogP contribution in [-0.4, -0.2) is 35.2 Å². The van der Waals surface area contributed by atoms with Gasteiger partial charge in [0, 0.05) is 12.1 Å². The van der Waals surface area contributed by atoms with Gasteiger partial charge in [-0.2, -0.15) is 0 Å². The molecule has 0 saturated carbocycles. The van der Waals surface area contributed by atoms with E-state index in [1.54, 1.807) is 11.8 Å². The van der Waals surface area contributed by atoms with E-state index in [0.29, 0.717) is 29.2 Å². The molecule has 1 unspecified atom stereocenters. The van der Waals surface area contributed by atoms with Gasteiger partial charge in [0.25, 0.3) is 5.91 Å². The highest BCUT2D eigenvalue weighted by molar-refractivity contribution is 5.97. The molecule has 0 bridgehead atoms. The van der Waals surface area contributed by atoms with Gasteiger partial charge < -0.3 is 23.9 Å². The standard InChI is InChI=1S/C19H19NO6/c1-11-9-24-16(8-17(21)22)18(11)19(23)20-6-2-3-13(20)12-4-5-14-15(7-12)26-10-25-14/h4-5,7,9,13H,2-3,6,8,10H2,1H3,(H,21,22). The number of ether oxygens (including phenoxy) is 2. The van der Waals surface area contributed by atoms with Crippen LogP contribution in [0.1, 0.15) is 46.1 Å². The monoisotopic (exact) mass is 357 g/mol. The van der Waals surface area contributed by atoms with E-state index in [9.17, 15) is 9.59 Å². The van der Waals surface area contributed by atoms with Crippen LogP contribution in [0.5, 0.6) is 11.5 Å². The summed E-state index contributed by atoms with van der Waals surface area (Å²) in [6, 6.07) is 5.64. The summed E-state index contributed by atoms with van der Waals surface area (Å²) in [5.74, 6) is 0.387. The van der Waals surface area contributed by atoms with Crippen molar-refractivity contribution < 1.29 is 28.6 Å². The molecule has 4 rings (SSSR count). The molecule has 7 heteroatoms. The molecule has 3 heterocycles. The van der Waals surface area contributed by atoms with Crippen molar-refractivity contribution in [2.24, 2.45) is 0 Å². The Balaban J connectivity index is 1.64. The number of fused-ring (bicyclic) bond motifs is 1. The molecule has 7 nitrogen and oxygen atoms in total. The molecule has 136 valence electrons. The molecule has 0 radical (unpaired) electrons. The second kappa shape index (κ2) is 6.40. The first-order valence-electron chi connectivity index (χ1n) is 8.54. The van der Waals surface area contributed by atoms with Crippen LogP contribution in [0.15, 0.2) is 28.9 Å². The third-order valence-corrected chi connectivity index (χ3v) is 4.87. The highest BCUT2D eigenvalue weighted by atomic mass is 16.7. The predicted octanol–water partition coefficient (Wildman–Crippen LogP) is 2.92. The number of hydrogen-bond donors (Lipinski definition) is 1. The number of carbonyl (C=O) groups excluding carboxylic acids is 1. The van der Waals surface area contributed by atoms with Crippen LogP contribution in [0, 0.1) is 6.92 Å². The molecule has 1 atom stereocenters. The largest absolute Gasteiger partial charge is 0.481 e. The van der Waals surface area contributed by atoms with Crippen molar-refractivity contribution in [1.82, 2.24) is 4.90 Å². The first-order chi connectivity index (χ1) is 12.5. The zero-order valence-corrected chi connectivity index (χ0v) is 14.4. The van der Waals surface area contributed by atoms with E-state index in [-0.39, 0.29) is 30.9 Å². The molecule has 1 amide bonds. The summed E-state index contributed by atoms with van der Waals surface area (Å²) < 4.78 is 16.1. The fraction of sp³-hybridized carbons (Fsp3) is 0.368. The molecule has 26 heavy (non-hydrogen) atoms. The molecule has 0 aliphatic carbocycles. The van der Waals surface area contributed by atoms with Crippen LogP contribution in [0.3, 0.4) is 0 Å². The maximum absolute atomic E-state index is 13.2. The Labute approximate surface area is 150 Å². The van der Waals surface area contributed by atoms with Gasteiger partial charge in [-0.15, -0.1) is 0 Å². The molecular formula is C19H19NO6. The van der Waals surface area contributed by atoms with Gasteiger partial charge in [0.1, 0.15) is 12.2 Å². The van der Waals surface area contributed by atoms with E-state index in [1.165, 1.54) is 6.26 Å². The van der Waals surface area contributed by atoms with E-state index in [0.717, 1.165) is 18.4 Å². The average molecular weight is 357 g/mol. The normalized spacial score (nSPS) is 18.3. The van der Waals surface area contributed by atoms with Crippen LogP contribution >= 0.6 is 0 Å². The number of furan rings is 1. The van der Waals surface area contributed by atoms with Crippen LogP contribution in [0.2, 0.25) is 0 Å². The lowest BCUT2D eigenvalue weighted by molar-refractivity contribution is -0.136. The van der Waals surface area contributed by atoms with Crippen molar-refractivity contribution in [1.29, 1.82) is 0 Å². The van der Waals surface area contributed by atoms with E-state index < -0.39 is 5.97 Å². The second-order valence-electron chi connectivity index (χ2n) is 6.56. The fourth-order valence-corrected chi connectivity index (χ4v) is 3.67. The predicted molar refractivity (Wildman–Crippen MR) is 90.4 cm³/mol. The zero-order chi connectivity index (χ0) is 18.3. The topological polar surface area (TPSA) is 89.2 Å². The van der Waals surface area contributed by atoms with E-state index in [1.807, 2.05) is 18.2 Å². The van der Waals surface area contributed by atoms with Crippen molar-refractivity contribution in [3.8, 4) is 11.5 Å². The summed E-state index contributed by atoms with van der Waals surface area (Å²) in [6.45, 7) is 2.58. The van der Waals surface area contributed by atoms with Crippen molar-refractivity contribution in [2.75, 3.05) is 13.3 Å². The van der Waals surface area contributed by atoms with Crippen LogP contribution in [0.4, 0.5) is 0 Å². The van der Waals surface area contributed by atoms with E-state index in [2.05, 4.69) is 0 Å². The molecule has 1 aromatic heterocycles. The van der Waals surface area contributed by atoms with Gasteiger partial charge in [0.15, 0.2) is 11.5 Å². The lowest BCUT2D eigenvalue weighted by Crippen LogP contribution is -2.31. The summed E-state index contributed by atoms with van der Waals surface area (Å²) in [5.41, 5.74) is 2.00. The number of rotatable bonds is 4. The first kappa shape index (κ1) is 16.5. The number of carbonyl (C=O) groups is 2. The number of carboxylic acids is 1. The molecular weight excluding hydrogens is 338 g/mol. The second-order valence-corrected chi connectivity index (χ2v) is 6.56. The average Bonchev–Trinajstić information content (AvgIpc) is 3.32. The molecule has 1 saturated heterocycles. The van der Waals surface area contributed by atoms with Gasteiger partial charge in [-0.05, 0) is 37.5 Å². The van der Waals surface area contributed by atoms with Gasteiger partial charge in [0.2, 0.25) is 6.79 Å². The number of likely N-dealkylation sites (tertiary alicyclic amines) is 1. The number of benzene rings is 1. The molecule has 1 aromatic carbocycles. The van der Waals surface area contributed by atoms with Crippen molar-refractivity contribution >= 4 is 11.9 Å². The van der Waals surface area contributed by atoms with Gasteiger partial charge in [0.05, 0.1) is 17.9 Å². The number of carboxylic acid groups (broad SMARTS) is 1. The highest BCUT2D eigenvalue weighted by Gasteiger charge is 2.34. The van der Waals surface area contributed by atoms with E-state index >= 15 is 0 Å². The number of nitrogens with zero attached hydrogens (tertiary/aromatic N) is 1. The Kier molecular flexibility index (Phi) is 4.06. The van der Waals surface area contributed by atoms with Crippen LogP contribution in [-0.2, 0) is 11.2 Å². The summed E-state index contributed by atoms with van der Waals surface area (Å²) in [7, 11) is 0. The van der Waals surface area contributed by atoms with Gasteiger partial charge >= 0.3 is 5.97 Å². The van der Waals surface area contributed by atoms with Crippen molar-refractivity contribution in [3.63, 3.8) is 0 Å². The Morgan fingerprint density at radius 2 is 2.08 bits per heavy atom. The number of amides is 1. The first-order valence-corrected chi connectivity index (χ1v) is 8.54. The van der Waals surface area contributed by atoms with Gasteiger partial charge in [-0.1, -0.05) is 6.07 Å². The van der Waals surface area contributed by atoms with Gasteiger partial charge in [-0.3, -0.25) is 9.59 Å². The minimum Gasteiger partial charge on any atom is -0.481 e. The quantitative estimate of drug-likeness (QED) is 0.905. The zero-order valence-electron chi connectivity index (χ0n) is 14.4. The minimum atomic E-state index is -1.03. The smallest absolute Gasteiger partial charge is 0.311 e. The maximum Gasteiger partial charge on any atom is 0.311 e. The molecule has 2 aliphatic heterocycles. The third kappa shape index (κ3) is 2.79. The summed E-state index contributed by atoms with van der Waals surface area (Å²) in [4.78, 5) is 26.0. The number of aliphatic carboxylic acids is 1. The Hall–Kier alpha value is -2.96. The summed E-state index contributed by atoms with van der Waals surface area (Å²) >= 11 is 0. The molecule has 1 N–H and O–H groups in total. The highest BCUT2D eigenvalue weighted by Crippen LogP contribution is 2.39. The molecule has 2 aromatic rings. The number of hydrogen-bond acceptors (Lipinski definition) is 5. The SMILES string of the molecule is Cc1coc(CC(=O)O)c1C(=O)N1CCCC1c1ccc2c(c1)OCO2. The Morgan fingerprint density at radius 3 is 2.88 bits per heavy atom. The molecule has 0 spiro atoms. The fourth-order valence-electron chi connectivity index (χ4n) is 3.67. The van der Waals surface area contributed by atoms with E-state index in [4.69, 9.17) is 19.0 Å². The molecule has 1 fully saturated rings. The maximum atomic E-state index is 13.2. The lowest BCUT2D eigenvalue weighted by Gasteiger charge is -2.25. The summed E-state index contributed by atoms with van der Waals surface area (Å²) in [6.07, 6.45) is 2.86. The molecule has 2 aliphatic rings. The Bertz CT molecular complexity index is 871. The lowest BCUT2D eigenvalue weighted by atomic mass is 10.0. The van der Waals surface area contributed by atoms with Crippen molar-refractivity contribution in [2.45, 2.75) is 32.2 Å². The van der Waals surface area contributed by atoms with Gasteiger partial charge in [-0.25, -0.2) is 0 Å². The number of aryl methyl sites for hydroxylation is 1.